The number of rotatable bonds is 6. The van der Waals surface area contributed by atoms with Crippen LogP contribution in [0.5, 0.6) is 5.75 Å². The SMILES string of the molecule is Cc1cc(C)c(CNC(=O)c2ccc(C(C)Oc3ccccc3C#N)cc2)c(=O)[nH]1. The second-order valence-corrected chi connectivity index (χ2v) is 7.12. The zero-order chi connectivity index (χ0) is 21.7. The van der Waals surface area contributed by atoms with Crippen LogP contribution in [-0.2, 0) is 6.54 Å². The Hall–Kier alpha value is -3.85. The molecule has 0 aliphatic heterocycles. The smallest absolute Gasteiger partial charge is 0.253 e. The Bertz CT molecular complexity index is 1160. The number of hydrogen-bond donors (Lipinski definition) is 2. The van der Waals surface area contributed by atoms with Crippen LogP contribution in [0.4, 0.5) is 0 Å². The van der Waals surface area contributed by atoms with Gasteiger partial charge in [0.1, 0.15) is 17.9 Å². The fraction of sp³-hybridized carbons (Fsp3) is 0.208. The Morgan fingerprint density at radius 1 is 1.17 bits per heavy atom. The van der Waals surface area contributed by atoms with Crippen LogP contribution in [0.1, 0.15) is 51.3 Å². The topological polar surface area (TPSA) is 95.0 Å². The minimum atomic E-state index is -0.287. The Morgan fingerprint density at radius 3 is 2.53 bits per heavy atom. The number of nitrogens with zero attached hydrogens (tertiary/aromatic N) is 1. The third-order valence-electron chi connectivity index (χ3n) is 4.87. The number of para-hydroxylation sites is 1. The molecule has 1 amide bonds. The van der Waals surface area contributed by atoms with Gasteiger partial charge in [-0.25, -0.2) is 0 Å². The van der Waals surface area contributed by atoms with E-state index in [1.54, 1.807) is 30.3 Å². The largest absolute Gasteiger partial charge is 0.485 e. The number of pyridine rings is 1. The third kappa shape index (κ3) is 4.76. The van der Waals surface area contributed by atoms with E-state index in [2.05, 4.69) is 16.4 Å². The van der Waals surface area contributed by atoms with Gasteiger partial charge >= 0.3 is 0 Å². The minimum Gasteiger partial charge on any atom is -0.485 e. The van der Waals surface area contributed by atoms with Gasteiger partial charge in [0.2, 0.25) is 0 Å². The van der Waals surface area contributed by atoms with Crippen LogP contribution < -0.4 is 15.6 Å². The Balaban J connectivity index is 1.66. The number of amides is 1. The maximum atomic E-state index is 12.5. The van der Waals surface area contributed by atoms with Crippen LogP contribution in [0.25, 0.3) is 0 Å². The Kier molecular flexibility index (Phi) is 6.33. The van der Waals surface area contributed by atoms with Gasteiger partial charge in [-0.2, -0.15) is 5.26 Å². The van der Waals surface area contributed by atoms with Gasteiger partial charge in [0.15, 0.2) is 0 Å². The summed E-state index contributed by atoms with van der Waals surface area (Å²) in [6.07, 6.45) is -0.287. The molecule has 0 saturated heterocycles. The minimum absolute atomic E-state index is 0.159. The number of carbonyl (C=O) groups excluding carboxylic acids is 1. The van der Waals surface area contributed by atoms with E-state index in [4.69, 9.17) is 4.74 Å². The highest BCUT2D eigenvalue weighted by Crippen LogP contribution is 2.25. The fourth-order valence-electron chi connectivity index (χ4n) is 3.20. The molecule has 2 N–H and O–H groups in total. The molecule has 6 heteroatoms. The summed E-state index contributed by atoms with van der Waals surface area (Å²) in [4.78, 5) is 27.3. The molecule has 1 unspecified atom stereocenters. The number of aromatic nitrogens is 1. The molecule has 6 nitrogen and oxygen atoms in total. The number of nitrogens with one attached hydrogen (secondary N) is 2. The van der Waals surface area contributed by atoms with Gasteiger partial charge in [-0.05, 0) is 62.2 Å². The summed E-state index contributed by atoms with van der Waals surface area (Å²) in [6, 6.07) is 18.1. The van der Waals surface area contributed by atoms with Gasteiger partial charge in [0.05, 0.1) is 5.56 Å². The van der Waals surface area contributed by atoms with E-state index in [1.165, 1.54) is 0 Å². The monoisotopic (exact) mass is 401 g/mol. The first-order chi connectivity index (χ1) is 14.4. The Morgan fingerprint density at radius 2 is 1.87 bits per heavy atom. The summed E-state index contributed by atoms with van der Waals surface area (Å²) in [5, 5.41) is 12.0. The van der Waals surface area contributed by atoms with Crippen LogP contribution in [0, 0.1) is 25.2 Å². The molecule has 1 heterocycles. The van der Waals surface area contributed by atoms with Crippen molar-refractivity contribution in [1.29, 1.82) is 5.26 Å². The molecule has 0 saturated carbocycles. The van der Waals surface area contributed by atoms with Crippen molar-refractivity contribution in [3.63, 3.8) is 0 Å². The summed E-state index contributed by atoms with van der Waals surface area (Å²) in [6.45, 7) is 5.72. The zero-order valence-electron chi connectivity index (χ0n) is 17.2. The first-order valence-electron chi connectivity index (χ1n) is 9.62. The molecule has 1 aromatic heterocycles. The van der Waals surface area contributed by atoms with Crippen LogP contribution in [-0.4, -0.2) is 10.9 Å². The second-order valence-electron chi connectivity index (χ2n) is 7.12. The van der Waals surface area contributed by atoms with Crippen molar-refractivity contribution in [2.24, 2.45) is 0 Å². The summed E-state index contributed by atoms with van der Waals surface area (Å²) >= 11 is 0. The molecule has 0 aliphatic carbocycles. The number of nitriles is 1. The fourth-order valence-corrected chi connectivity index (χ4v) is 3.20. The predicted octanol–water partition coefficient (Wildman–Crippen LogP) is 3.93. The molecule has 3 rings (SSSR count). The highest BCUT2D eigenvalue weighted by molar-refractivity contribution is 5.94. The lowest BCUT2D eigenvalue weighted by Gasteiger charge is -2.16. The molecule has 1 atom stereocenters. The lowest BCUT2D eigenvalue weighted by atomic mass is 10.1. The Labute approximate surface area is 175 Å². The normalized spacial score (nSPS) is 11.4. The number of benzene rings is 2. The van der Waals surface area contributed by atoms with E-state index < -0.39 is 0 Å². The van der Waals surface area contributed by atoms with Crippen molar-refractivity contribution in [2.75, 3.05) is 0 Å². The second kappa shape index (κ2) is 9.10. The molecule has 0 aliphatic rings. The van der Waals surface area contributed by atoms with E-state index in [-0.39, 0.29) is 24.1 Å². The number of hydrogen-bond acceptors (Lipinski definition) is 4. The van der Waals surface area contributed by atoms with Crippen LogP contribution in [0.3, 0.4) is 0 Å². The van der Waals surface area contributed by atoms with Gasteiger partial charge in [0.25, 0.3) is 11.5 Å². The van der Waals surface area contributed by atoms with Crippen LogP contribution in [0.15, 0.2) is 59.4 Å². The van der Waals surface area contributed by atoms with Gasteiger partial charge in [-0.15, -0.1) is 0 Å². The molecular formula is C24H23N3O3. The quantitative estimate of drug-likeness (QED) is 0.654. The van der Waals surface area contributed by atoms with Crippen molar-refractivity contribution >= 4 is 5.91 Å². The average Bonchev–Trinajstić information content (AvgIpc) is 2.73. The molecule has 2 aromatic carbocycles. The lowest BCUT2D eigenvalue weighted by molar-refractivity contribution is 0.0950. The molecule has 0 fully saturated rings. The van der Waals surface area contributed by atoms with Crippen LogP contribution >= 0.6 is 0 Å². The number of carbonyl (C=O) groups is 1. The molecular weight excluding hydrogens is 378 g/mol. The van der Waals surface area contributed by atoms with E-state index in [0.717, 1.165) is 16.8 Å². The van der Waals surface area contributed by atoms with Crippen molar-refractivity contribution in [3.8, 4) is 11.8 Å². The van der Waals surface area contributed by atoms with Gasteiger partial charge < -0.3 is 15.0 Å². The number of ether oxygens (including phenoxy) is 1. The summed E-state index contributed by atoms with van der Waals surface area (Å²) in [5.74, 6) is 0.261. The molecule has 0 spiro atoms. The molecule has 152 valence electrons. The zero-order valence-corrected chi connectivity index (χ0v) is 17.2. The van der Waals surface area contributed by atoms with E-state index in [1.807, 2.05) is 45.0 Å². The maximum absolute atomic E-state index is 12.5. The van der Waals surface area contributed by atoms with Gasteiger partial charge in [-0.1, -0.05) is 24.3 Å². The van der Waals surface area contributed by atoms with E-state index >= 15 is 0 Å². The summed E-state index contributed by atoms with van der Waals surface area (Å²) in [5.41, 5.74) is 3.83. The third-order valence-corrected chi connectivity index (χ3v) is 4.87. The first kappa shape index (κ1) is 20.9. The highest BCUT2D eigenvalue weighted by Gasteiger charge is 2.13. The van der Waals surface area contributed by atoms with Crippen molar-refractivity contribution in [1.82, 2.24) is 10.3 Å². The summed E-state index contributed by atoms with van der Waals surface area (Å²) < 4.78 is 5.90. The van der Waals surface area contributed by atoms with Gasteiger partial charge in [-0.3, -0.25) is 9.59 Å². The molecule has 3 aromatic rings. The van der Waals surface area contributed by atoms with E-state index in [9.17, 15) is 14.9 Å². The van der Waals surface area contributed by atoms with Crippen molar-refractivity contribution in [3.05, 3.63) is 98.5 Å². The average molecular weight is 401 g/mol. The molecule has 0 radical (unpaired) electrons. The first-order valence-corrected chi connectivity index (χ1v) is 9.62. The molecule has 30 heavy (non-hydrogen) atoms. The molecule has 0 bridgehead atoms. The maximum Gasteiger partial charge on any atom is 0.253 e. The highest BCUT2D eigenvalue weighted by atomic mass is 16.5. The lowest BCUT2D eigenvalue weighted by Crippen LogP contribution is -2.27. The number of aromatic amines is 1. The van der Waals surface area contributed by atoms with Crippen LogP contribution in [0.2, 0.25) is 0 Å². The predicted molar refractivity (Wildman–Crippen MR) is 114 cm³/mol. The van der Waals surface area contributed by atoms with Gasteiger partial charge in [0, 0.05) is 23.4 Å². The number of aryl methyl sites for hydroxylation is 2. The standard InChI is InChI=1S/C24H23N3O3/c1-15-12-16(2)27-24(29)21(15)14-26-23(28)19-10-8-18(9-11-19)17(3)30-22-7-5-4-6-20(22)13-25/h4-12,17H,14H2,1-3H3,(H,26,28)(H,27,29). The van der Waals surface area contributed by atoms with Crippen molar-refractivity contribution in [2.45, 2.75) is 33.4 Å². The van der Waals surface area contributed by atoms with E-state index in [0.29, 0.717) is 22.4 Å². The van der Waals surface area contributed by atoms with Crippen molar-refractivity contribution < 1.29 is 9.53 Å². The number of H-pyrrole nitrogens is 1. The summed E-state index contributed by atoms with van der Waals surface area (Å²) in [7, 11) is 0.